The highest BCUT2D eigenvalue weighted by Crippen LogP contribution is 2.34. The third-order valence-corrected chi connectivity index (χ3v) is 5.57. The highest BCUT2D eigenvalue weighted by molar-refractivity contribution is 6.30. The number of ether oxygens (including phenoxy) is 1. The molecule has 3 aromatic rings. The Balaban J connectivity index is 1.73. The SMILES string of the molecule is CCC(C)C(c1ccc(OCc2ccc(C(=O)O)cc2)cc1)c1nc(Cl)c(CO)[nH]1. The number of halogens is 1. The number of carbonyl (C=O) groups is 1. The lowest BCUT2D eigenvalue weighted by Gasteiger charge is -2.22. The number of aliphatic hydroxyl groups excluding tert-OH is 1. The summed E-state index contributed by atoms with van der Waals surface area (Å²) in [4.78, 5) is 18.5. The second-order valence-corrected chi connectivity index (χ2v) is 7.63. The highest BCUT2D eigenvalue weighted by atomic mass is 35.5. The largest absolute Gasteiger partial charge is 0.489 e. The number of aliphatic hydroxyl groups is 1. The minimum absolute atomic E-state index is 0.0189. The number of H-pyrrole nitrogens is 1. The Morgan fingerprint density at radius 2 is 1.83 bits per heavy atom. The van der Waals surface area contributed by atoms with Crippen LogP contribution < -0.4 is 4.74 Å². The van der Waals surface area contributed by atoms with E-state index in [4.69, 9.17) is 21.4 Å². The zero-order chi connectivity index (χ0) is 21.7. The molecule has 7 heteroatoms. The molecule has 3 N–H and O–H groups in total. The molecule has 0 saturated heterocycles. The molecule has 0 fully saturated rings. The van der Waals surface area contributed by atoms with Gasteiger partial charge >= 0.3 is 5.97 Å². The predicted molar refractivity (Wildman–Crippen MR) is 115 cm³/mol. The van der Waals surface area contributed by atoms with E-state index < -0.39 is 5.97 Å². The first-order chi connectivity index (χ1) is 14.4. The van der Waals surface area contributed by atoms with E-state index in [0.29, 0.717) is 23.4 Å². The number of nitrogens with zero attached hydrogens (tertiary/aromatic N) is 1. The maximum atomic E-state index is 10.9. The topological polar surface area (TPSA) is 95.4 Å². The van der Waals surface area contributed by atoms with E-state index in [1.165, 1.54) is 0 Å². The first-order valence-electron chi connectivity index (χ1n) is 9.83. The molecule has 0 saturated carbocycles. The molecular weight excluding hydrogens is 404 g/mol. The maximum absolute atomic E-state index is 10.9. The van der Waals surface area contributed by atoms with Gasteiger partial charge in [-0.15, -0.1) is 0 Å². The van der Waals surface area contributed by atoms with Crippen molar-refractivity contribution in [3.63, 3.8) is 0 Å². The second kappa shape index (κ2) is 9.78. The van der Waals surface area contributed by atoms with Crippen molar-refractivity contribution >= 4 is 17.6 Å². The molecule has 0 aliphatic heterocycles. The summed E-state index contributed by atoms with van der Waals surface area (Å²) < 4.78 is 5.84. The average Bonchev–Trinajstić information content (AvgIpc) is 3.13. The van der Waals surface area contributed by atoms with Gasteiger partial charge in [0.05, 0.1) is 17.9 Å². The van der Waals surface area contributed by atoms with Gasteiger partial charge in [-0.05, 0) is 41.3 Å². The fraction of sp³-hybridized carbons (Fsp3) is 0.304. The molecule has 6 nitrogen and oxygen atoms in total. The number of carboxylic acids is 1. The van der Waals surface area contributed by atoms with Crippen LogP contribution in [0.3, 0.4) is 0 Å². The van der Waals surface area contributed by atoms with Crippen LogP contribution >= 0.6 is 11.6 Å². The Bertz CT molecular complexity index is 983. The molecule has 0 radical (unpaired) electrons. The maximum Gasteiger partial charge on any atom is 0.335 e. The number of aromatic carboxylic acids is 1. The van der Waals surface area contributed by atoms with Crippen molar-refractivity contribution in [1.29, 1.82) is 0 Å². The fourth-order valence-corrected chi connectivity index (χ4v) is 3.53. The predicted octanol–water partition coefficient (Wildman–Crippen LogP) is 5.01. The fourth-order valence-electron chi connectivity index (χ4n) is 3.33. The van der Waals surface area contributed by atoms with Gasteiger partial charge in [0.2, 0.25) is 0 Å². The lowest BCUT2D eigenvalue weighted by molar-refractivity contribution is 0.0697. The van der Waals surface area contributed by atoms with E-state index in [1.807, 2.05) is 24.3 Å². The van der Waals surface area contributed by atoms with Gasteiger partial charge in [0.25, 0.3) is 0 Å². The summed E-state index contributed by atoms with van der Waals surface area (Å²) in [5, 5.41) is 18.7. The second-order valence-electron chi connectivity index (χ2n) is 7.27. The van der Waals surface area contributed by atoms with Crippen LogP contribution in [0.25, 0.3) is 0 Å². The molecule has 0 aliphatic carbocycles. The van der Waals surface area contributed by atoms with Gasteiger partial charge in [-0.1, -0.05) is 56.1 Å². The number of nitrogens with one attached hydrogen (secondary N) is 1. The first-order valence-corrected chi connectivity index (χ1v) is 10.2. The summed E-state index contributed by atoms with van der Waals surface area (Å²) in [6.45, 7) is 4.45. The van der Waals surface area contributed by atoms with E-state index in [2.05, 4.69) is 23.8 Å². The van der Waals surface area contributed by atoms with Crippen molar-refractivity contribution in [2.24, 2.45) is 5.92 Å². The molecule has 1 heterocycles. The van der Waals surface area contributed by atoms with Gasteiger partial charge in [-0.3, -0.25) is 0 Å². The summed E-state index contributed by atoms with van der Waals surface area (Å²) in [6.07, 6.45) is 0.960. The van der Waals surface area contributed by atoms with Crippen molar-refractivity contribution in [2.45, 2.75) is 39.4 Å². The Morgan fingerprint density at radius 1 is 1.17 bits per heavy atom. The third-order valence-electron chi connectivity index (χ3n) is 5.26. The highest BCUT2D eigenvalue weighted by Gasteiger charge is 2.24. The van der Waals surface area contributed by atoms with Gasteiger partial charge < -0.3 is 19.9 Å². The Hall–Kier alpha value is -2.83. The van der Waals surface area contributed by atoms with Crippen LogP contribution in [0.2, 0.25) is 5.15 Å². The molecule has 0 bridgehead atoms. The minimum Gasteiger partial charge on any atom is -0.489 e. The average molecular weight is 429 g/mol. The molecule has 2 atom stereocenters. The summed E-state index contributed by atoms with van der Waals surface area (Å²) in [6, 6.07) is 14.5. The van der Waals surface area contributed by atoms with E-state index >= 15 is 0 Å². The van der Waals surface area contributed by atoms with Crippen LogP contribution in [0.4, 0.5) is 0 Å². The van der Waals surface area contributed by atoms with Crippen LogP contribution in [0, 0.1) is 5.92 Å². The van der Waals surface area contributed by atoms with Crippen LogP contribution in [0.1, 0.15) is 59.2 Å². The Kier molecular flexibility index (Phi) is 7.13. The monoisotopic (exact) mass is 428 g/mol. The van der Waals surface area contributed by atoms with Crippen LogP contribution in [-0.2, 0) is 13.2 Å². The molecule has 0 aliphatic rings. The molecular formula is C23H25ClN2O4. The van der Waals surface area contributed by atoms with Gasteiger partial charge in [0.1, 0.15) is 18.2 Å². The van der Waals surface area contributed by atoms with Gasteiger partial charge in [-0.2, -0.15) is 0 Å². The number of rotatable bonds is 9. The number of hydrogen-bond acceptors (Lipinski definition) is 4. The number of aromatic nitrogens is 2. The molecule has 158 valence electrons. The van der Waals surface area contributed by atoms with Crippen molar-refractivity contribution < 1.29 is 19.7 Å². The molecule has 30 heavy (non-hydrogen) atoms. The van der Waals surface area contributed by atoms with Crippen molar-refractivity contribution in [1.82, 2.24) is 9.97 Å². The summed E-state index contributed by atoms with van der Waals surface area (Å²) in [5.74, 6) is 0.852. The molecule has 0 amide bonds. The summed E-state index contributed by atoms with van der Waals surface area (Å²) >= 11 is 6.12. The van der Waals surface area contributed by atoms with Crippen molar-refractivity contribution in [3.8, 4) is 5.75 Å². The standard InChI is InChI=1S/C23H25ClN2O4/c1-3-14(2)20(22-25-19(12-27)21(24)26-22)16-8-10-18(11-9-16)30-13-15-4-6-17(7-5-15)23(28)29/h4-11,14,20,27H,3,12-13H2,1-2H3,(H,25,26)(H,28,29). The van der Waals surface area contributed by atoms with E-state index in [-0.39, 0.29) is 18.1 Å². The van der Waals surface area contributed by atoms with E-state index in [1.54, 1.807) is 24.3 Å². The molecule has 2 aromatic carbocycles. The van der Waals surface area contributed by atoms with Crippen LogP contribution in [0.5, 0.6) is 5.75 Å². The molecule has 3 rings (SSSR count). The van der Waals surface area contributed by atoms with E-state index in [0.717, 1.165) is 29.1 Å². The third kappa shape index (κ3) is 5.01. The number of benzene rings is 2. The van der Waals surface area contributed by atoms with Crippen molar-refractivity contribution in [2.75, 3.05) is 0 Å². The smallest absolute Gasteiger partial charge is 0.335 e. The minimum atomic E-state index is -0.946. The molecule has 1 aromatic heterocycles. The Morgan fingerprint density at radius 3 is 2.37 bits per heavy atom. The lowest BCUT2D eigenvalue weighted by Crippen LogP contribution is -2.12. The normalized spacial score (nSPS) is 13.1. The van der Waals surface area contributed by atoms with Crippen LogP contribution in [0.15, 0.2) is 48.5 Å². The molecule has 2 unspecified atom stereocenters. The number of imidazole rings is 1. The first kappa shape index (κ1) is 21.9. The zero-order valence-electron chi connectivity index (χ0n) is 16.9. The molecule has 0 spiro atoms. The summed E-state index contributed by atoms with van der Waals surface area (Å²) in [7, 11) is 0. The summed E-state index contributed by atoms with van der Waals surface area (Å²) in [5.41, 5.74) is 2.75. The lowest BCUT2D eigenvalue weighted by atomic mass is 9.85. The Labute approximate surface area is 180 Å². The quantitative estimate of drug-likeness (QED) is 0.445. The van der Waals surface area contributed by atoms with Gasteiger partial charge in [0.15, 0.2) is 5.15 Å². The van der Waals surface area contributed by atoms with Gasteiger partial charge in [0, 0.05) is 5.92 Å². The number of hydrogen-bond donors (Lipinski definition) is 3. The van der Waals surface area contributed by atoms with Crippen molar-refractivity contribution in [3.05, 3.63) is 81.9 Å². The van der Waals surface area contributed by atoms with Gasteiger partial charge in [-0.25, -0.2) is 9.78 Å². The number of aromatic amines is 1. The zero-order valence-corrected chi connectivity index (χ0v) is 17.7. The van der Waals surface area contributed by atoms with Crippen LogP contribution in [-0.4, -0.2) is 26.2 Å². The van der Waals surface area contributed by atoms with E-state index in [9.17, 15) is 9.90 Å². The number of carboxylic acid groups (broad SMARTS) is 1.